The van der Waals surface area contributed by atoms with Crippen molar-refractivity contribution in [1.82, 2.24) is 9.55 Å². The van der Waals surface area contributed by atoms with Gasteiger partial charge in [-0.05, 0) is 17.5 Å². The van der Waals surface area contributed by atoms with Crippen molar-refractivity contribution in [2.24, 2.45) is 18.2 Å². The third-order valence-electron chi connectivity index (χ3n) is 3.52. The van der Waals surface area contributed by atoms with Gasteiger partial charge in [-0.25, -0.2) is 13.4 Å². The fourth-order valence-corrected chi connectivity index (χ4v) is 3.00. The molecule has 20 heavy (non-hydrogen) atoms. The molecular weight excluding hydrogens is 274 g/mol. The predicted molar refractivity (Wildman–Crippen MR) is 80.2 cm³/mol. The Hall–Kier alpha value is -1.40. The Morgan fingerprint density at radius 1 is 1.30 bits per heavy atom. The number of imidazole rings is 1. The van der Waals surface area contributed by atoms with E-state index in [0.29, 0.717) is 11.3 Å². The van der Waals surface area contributed by atoms with Crippen LogP contribution >= 0.6 is 0 Å². The summed E-state index contributed by atoms with van der Waals surface area (Å²) in [5.41, 5.74) is 7.38. The van der Waals surface area contributed by atoms with Gasteiger partial charge in [0.2, 0.25) is 0 Å². The number of nitrogens with zero attached hydrogens (tertiary/aromatic N) is 2. The third-order valence-corrected chi connectivity index (χ3v) is 4.65. The normalized spacial score (nSPS) is 14.7. The summed E-state index contributed by atoms with van der Waals surface area (Å²) < 4.78 is 25.6. The lowest BCUT2D eigenvalue weighted by Crippen LogP contribution is -2.28. The molecule has 1 aromatic carbocycles. The van der Waals surface area contributed by atoms with Gasteiger partial charge in [-0.3, -0.25) is 0 Å². The largest absolute Gasteiger partial charge is 0.330 e. The Balaban J connectivity index is 2.77. The monoisotopic (exact) mass is 295 g/mol. The van der Waals surface area contributed by atoms with Crippen LogP contribution in [0.15, 0.2) is 23.1 Å². The van der Waals surface area contributed by atoms with E-state index in [9.17, 15) is 8.42 Å². The molecule has 2 N–H and O–H groups in total. The molecule has 0 fully saturated rings. The molecule has 1 unspecified atom stereocenters. The van der Waals surface area contributed by atoms with Gasteiger partial charge in [0.1, 0.15) is 11.3 Å². The van der Waals surface area contributed by atoms with Crippen LogP contribution in [0.2, 0.25) is 0 Å². The zero-order chi connectivity index (χ0) is 15.3. The second kappa shape index (κ2) is 4.56. The summed E-state index contributed by atoms with van der Waals surface area (Å²) in [6.07, 6.45) is 1.19. The fourth-order valence-electron chi connectivity index (χ4n) is 2.17. The minimum absolute atomic E-state index is 0.152. The maximum Gasteiger partial charge on any atom is 0.177 e. The number of hydrogen-bond acceptors (Lipinski definition) is 4. The van der Waals surface area contributed by atoms with E-state index in [1.165, 1.54) is 6.26 Å². The number of nitrogens with two attached hydrogens (primary N) is 1. The van der Waals surface area contributed by atoms with E-state index in [1.807, 2.05) is 38.5 Å². The molecule has 1 atom stereocenters. The fraction of sp³-hybridized carbons (Fsp3) is 0.500. The minimum atomic E-state index is -3.31. The van der Waals surface area contributed by atoms with E-state index in [-0.39, 0.29) is 16.4 Å². The second-order valence-corrected chi connectivity index (χ2v) is 8.25. The first kappa shape index (κ1) is 15.0. The molecule has 0 bridgehead atoms. The molecule has 2 aromatic rings. The van der Waals surface area contributed by atoms with Crippen LogP contribution in [0.4, 0.5) is 0 Å². The van der Waals surface area contributed by atoms with Gasteiger partial charge in [0.25, 0.3) is 0 Å². The van der Waals surface area contributed by atoms with Gasteiger partial charge in [0.05, 0.1) is 16.5 Å². The molecule has 0 saturated carbocycles. The van der Waals surface area contributed by atoms with Crippen molar-refractivity contribution >= 4 is 20.9 Å². The van der Waals surface area contributed by atoms with Gasteiger partial charge >= 0.3 is 0 Å². The molecule has 0 saturated heterocycles. The molecule has 6 heteroatoms. The second-order valence-electron chi connectivity index (χ2n) is 6.27. The SMILES string of the molecule is Cn1c(C(N)C(C)(C)C)nc2c(S(C)(=O)=O)cccc21. The highest BCUT2D eigenvalue weighted by Gasteiger charge is 2.28. The van der Waals surface area contributed by atoms with Crippen LogP contribution in [-0.4, -0.2) is 24.2 Å². The van der Waals surface area contributed by atoms with Crippen LogP contribution < -0.4 is 5.73 Å². The average Bonchev–Trinajstić information content (AvgIpc) is 2.63. The zero-order valence-corrected chi connectivity index (χ0v) is 13.3. The topological polar surface area (TPSA) is 78.0 Å². The minimum Gasteiger partial charge on any atom is -0.330 e. The van der Waals surface area contributed by atoms with Crippen molar-refractivity contribution < 1.29 is 8.42 Å². The number of para-hydroxylation sites is 1. The van der Waals surface area contributed by atoms with Crippen molar-refractivity contribution in [3.05, 3.63) is 24.0 Å². The first-order valence-corrected chi connectivity index (χ1v) is 8.33. The van der Waals surface area contributed by atoms with Gasteiger partial charge in [0.15, 0.2) is 9.84 Å². The lowest BCUT2D eigenvalue weighted by atomic mass is 9.87. The molecule has 0 radical (unpaired) electrons. The molecule has 1 aromatic heterocycles. The smallest absolute Gasteiger partial charge is 0.177 e. The molecule has 0 aliphatic carbocycles. The molecule has 1 heterocycles. The number of benzene rings is 1. The van der Waals surface area contributed by atoms with Gasteiger partial charge < -0.3 is 10.3 Å². The number of hydrogen-bond donors (Lipinski definition) is 1. The first-order chi connectivity index (χ1) is 9.03. The molecule has 5 nitrogen and oxygen atoms in total. The molecule has 110 valence electrons. The summed E-state index contributed by atoms with van der Waals surface area (Å²) in [6.45, 7) is 6.11. The van der Waals surface area contributed by atoms with E-state index in [4.69, 9.17) is 5.73 Å². The Labute approximate surface area is 119 Å². The maximum atomic E-state index is 11.9. The summed E-state index contributed by atoms with van der Waals surface area (Å²) in [6, 6.07) is 4.90. The molecule has 0 aliphatic heterocycles. The van der Waals surface area contributed by atoms with Crippen molar-refractivity contribution in [3.8, 4) is 0 Å². The van der Waals surface area contributed by atoms with Crippen LogP contribution in [0.1, 0.15) is 32.6 Å². The first-order valence-electron chi connectivity index (χ1n) is 6.44. The van der Waals surface area contributed by atoms with Crippen LogP contribution in [0.3, 0.4) is 0 Å². The Morgan fingerprint density at radius 2 is 1.90 bits per heavy atom. The molecule has 0 spiro atoms. The highest BCUT2D eigenvalue weighted by Crippen LogP contribution is 2.32. The van der Waals surface area contributed by atoms with Gasteiger partial charge in [-0.15, -0.1) is 0 Å². The lowest BCUT2D eigenvalue weighted by molar-refractivity contribution is 0.311. The van der Waals surface area contributed by atoms with Crippen molar-refractivity contribution in [2.75, 3.05) is 6.26 Å². The lowest BCUT2D eigenvalue weighted by Gasteiger charge is -2.26. The van der Waals surface area contributed by atoms with Crippen LogP contribution in [0.25, 0.3) is 11.0 Å². The summed E-state index contributed by atoms with van der Waals surface area (Å²) in [4.78, 5) is 4.75. The summed E-state index contributed by atoms with van der Waals surface area (Å²) in [5.74, 6) is 0.698. The van der Waals surface area contributed by atoms with E-state index in [1.54, 1.807) is 12.1 Å². The highest BCUT2D eigenvalue weighted by molar-refractivity contribution is 7.91. The number of sulfone groups is 1. The predicted octanol–water partition coefficient (Wildman–Crippen LogP) is 2.02. The number of aryl methyl sites for hydroxylation is 1. The van der Waals surface area contributed by atoms with E-state index >= 15 is 0 Å². The third kappa shape index (κ3) is 2.45. The maximum absolute atomic E-state index is 11.9. The number of fused-ring (bicyclic) bond motifs is 1. The molecule has 0 amide bonds. The Kier molecular flexibility index (Phi) is 3.42. The van der Waals surface area contributed by atoms with Crippen molar-refractivity contribution in [2.45, 2.75) is 31.7 Å². The quantitative estimate of drug-likeness (QED) is 0.919. The van der Waals surface area contributed by atoms with Crippen LogP contribution in [0.5, 0.6) is 0 Å². The molecule has 2 rings (SSSR count). The molecule has 0 aliphatic rings. The van der Waals surface area contributed by atoms with Gasteiger partial charge in [-0.2, -0.15) is 0 Å². The van der Waals surface area contributed by atoms with Crippen LogP contribution in [0, 0.1) is 5.41 Å². The molecular formula is C14H21N3O2S. The number of aromatic nitrogens is 2. The number of rotatable bonds is 2. The van der Waals surface area contributed by atoms with E-state index < -0.39 is 9.84 Å². The van der Waals surface area contributed by atoms with Crippen molar-refractivity contribution in [3.63, 3.8) is 0 Å². The zero-order valence-electron chi connectivity index (χ0n) is 12.5. The van der Waals surface area contributed by atoms with E-state index in [2.05, 4.69) is 4.98 Å². The van der Waals surface area contributed by atoms with E-state index in [0.717, 1.165) is 5.52 Å². The summed E-state index contributed by atoms with van der Waals surface area (Å²) >= 11 is 0. The standard InChI is InChI=1S/C14H21N3O2S/c1-14(2,3)12(15)13-16-11-9(17(13)4)7-6-8-10(11)20(5,18)19/h6-8,12H,15H2,1-5H3. The highest BCUT2D eigenvalue weighted by atomic mass is 32.2. The summed E-state index contributed by atoms with van der Waals surface area (Å²) in [5, 5.41) is 0. The van der Waals surface area contributed by atoms with Gasteiger partial charge in [-0.1, -0.05) is 26.8 Å². The Bertz CT molecular complexity index is 755. The Morgan fingerprint density at radius 3 is 2.40 bits per heavy atom. The van der Waals surface area contributed by atoms with Gasteiger partial charge in [0, 0.05) is 13.3 Å². The van der Waals surface area contributed by atoms with Crippen molar-refractivity contribution in [1.29, 1.82) is 0 Å². The summed E-state index contributed by atoms with van der Waals surface area (Å²) in [7, 11) is -1.45. The van der Waals surface area contributed by atoms with Crippen LogP contribution in [-0.2, 0) is 16.9 Å². The average molecular weight is 295 g/mol.